The van der Waals surface area contributed by atoms with E-state index in [4.69, 9.17) is 5.11 Å². The van der Waals surface area contributed by atoms with Crippen LogP contribution in [0.4, 0.5) is 0 Å². The van der Waals surface area contributed by atoms with Gasteiger partial charge in [0, 0.05) is 5.75 Å². The van der Waals surface area contributed by atoms with Crippen LogP contribution in [0.5, 0.6) is 0 Å². The van der Waals surface area contributed by atoms with E-state index in [1.54, 1.807) is 25.8 Å². The van der Waals surface area contributed by atoms with Gasteiger partial charge in [-0.25, -0.2) is 8.42 Å². The zero-order valence-corrected chi connectivity index (χ0v) is 11.0. The summed E-state index contributed by atoms with van der Waals surface area (Å²) in [5, 5.41) is 8.89. The highest BCUT2D eigenvalue weighted by molar-refractivity contribution is 7.91. The summed E-state index contributed by atoms with van der Waals surface area (Å²) >= 11 is 0. The van der Waals surface area contributed by atoms with Crippen LogP contribution in [-0.2, 0) is 14.6 Å². The zero-order valence-electron chi connectivity index (χ0n) is 10.1. The molecule has 0 aliphatic rings. The van der Waals surface area contributed by atoms with Crippen LogP contribution in [0.15, 0.2) is 0 Å². The first-order valence-corrected chi connectivity index (χ1v) is 7.29. The van der Waals surface area contributed by atoms with Crippen LogP contribution >= 0.6 is 0 Å². The Balaban J connectivity index is 4.07. The number of rotatable bonds is 8. The summed E-state index contributed by atoms with van der Waals surface area (Å²) in [4.78, 5) is 12.5. The molecule has 0 fully saturated rings. The number of carboxylic acids is 1. The molecule has 0 aliphatic carbocycles. The van der Waals surface area contributed by atoms with Gasteiger partial charge in [-0.3, -0.25) is 9.69 Å². The number of sulfone groups is 1. The van der Waals surface area contributed by atoms with Crippen molar-refractivity contribution in [2.45, 2.75) is 32.7 Å². The van der Waals surface area contributed by atoms with Crippen molar-refractivity contribution < 1.29 is 18.3 Å². The highest BCUT2D eigenvalue weighted by Gasteiger charge is 2.20. The third-order valence-electron chi connectivity index (χ3n) is 2.61. The van der Waals surface area contributed by atoms with Gasteiger partial charge in [0.2, 0.25) is 0 Å². The fraction of sp³-hybridized carbons (Fsp3) is 0.900. The first-order valence-electron chi connectivity index (χ1n) is 5.47. The molecular weight excluding hydrogens is 230 g/mol. The lowest BCUT2D eigenvalue weighted by Gasteiger charge is -2.23. The van der Waals surface area contributed by atoms with E-state index < -0.39 is 21.8 Å². The third kappa shape index (κ3) is 5.46. The van der Waals surface area contributed by atoms with Gasteiger partial charge >= 0.3 is 5.97 Å². The molecule has 0 aromatic heterocycles. The minimum atomic E-state index is -2.94. The van der Waals surface area contributed by atoms with E-state index in [-0.39, 0.29) is 11.5 Å². The van der Waals surface area contributed by atoms with Gasteiger partial charge in [-0.15, -0.1) is 0 Å². The van der Waals surface area contributed by atoms with Gasteiger partial charge in [0.1, 0.15) is 15.9 Å². The van der Waals surface area contributed by atoms with Crippen molar-refractivity contribution in [1.82, 2.24) is 4.90 Å². The molecule has 0 amide bonds. The van der Waals surface area contributed by atoms with E-state index in [9.17, 15) is 13.2 Å². The molecule has 0 saturated carbocycles. The van der Waals surface area contributed by atoms with Crippen molar-refractivity contribution in [2.75, 3.05) is 25.1 Å². The summed E-state index contributed by atoms with van der Waals surface area (Å²) in [5.74, 6) is -0.583. The summed E-state index contributed by atoms with van der Waals surface area (Å²) in [6, 6.07) is -0.524. The van der Waals surface area contributed by atoms with Crippen molar-refractivity contribution in [1.29, 1.82) is 0 Å². The Kier molecular flexibility index (Phi) is 6.59. The second-order valence-electron chi connectivity index (χ2n) is 3.83. The van der Waals surface area contributed by atoms with E-state index in [2.05, 4.69) is 0 Å². The molecule has 1 N–H and O–H groups in total. The average Bonchev–Trinajstić information content (AvgIpc) is 2.18. The maximum Gasteiger partial charge on any atom is 0.320 e. The summed E-state index contributed by atoms with van der Waals surface area (Å²) < 4.78 is 22.4. The van der Waals surface area contributed by atoms with Crippen molar-refractivity contribution in [3.8, 4) is 0 Å². The molecule has 0 bridgehead atoms. The minimum Gasteiger partial charge on any atom is -0.480 e. The van der Waals surface area contributed by atoms with Gasteiger partial charge in [0.15, 0.2) is 0 Å². The van der Waals surface area contributed by atoms with Gasteiger partial charge in [0.05, 0.1) is 5.75 Å². The average molecular weight is 251 g/mol. The highest BCUT2D eigenvalue weighted by atomic mass is 32.2. The molecule has 6 heteroatoms. The Hall–Kier alpha value is -0.620. The van der Waals surface area contributed by atoms with Crippen LogP contribution in [0.3, 0.4) is 0 Å². The lowest BCUT2D eigenvalue weighted by Crippen LogP contribution is -2.38. The van der Waals surface area contributed by atoms with Crippen LogP contribution < -0.4 is 0 Å². The topological polar surface area (TPSA) is 74.7 Å². The number of carbonyl (C=O) groups is 1. The summed E-state index contributed by atoms with van der Waals surface area (Å²) in [5.41, 5.74) is 0. The van der Waals surface area contributed by atoms with E-state index in [0.29, 0.717) is 19.4 Å². The Morgan fingerprint density at radius 2 is 1.94 bits per heavy atom. The molecule has 0 radical (unpaired) electrons. The van der Waals surface area contributed by atoms with E-state index in [0.717, 1.165) is 0 Å². The van der Waals surface area contributed by atoms with Crippen LogP contribution in [-0.4, -0.2) is 55.5 Å². The SMILES string of the molecule is CCC(C(=O)O)N(C)CCCS(=O)(=O)CC. The number of carboxylic acid groups (broad SMARTS) is 1. The number of hydrogen-bond acceptors (Lipinski definition) is 4. The summed E-state index contributed by atoms with van der Waals surface area (Å²) in [6.07, 6.45) is 1.00. The molecule has 0 spiro atoms. The van der Waals surface area contributed by atoms with E-state index in [1.165, 1.54) is 0 Å². The van der Waals surface area contributed by atoms with Crippen LogP contribution in [0, 0.1) is 0 Å². The van der Waals surface area contributed by atoms with Crippen molar-refractivity contribution in [3.63, 3.8) is 0 Å². The Morgan fingerprint density at radius 1 is 1.38 bits per heavy atom. The van der Waals surface area contributed by atoms with Gasteiger partial charge in [-0.05, 0) is 26.4 Å². The van der Waals surface area contributed by atoms with E-state index in [1.807, 2.05) is 0 Å². The molecule has 0 aliphatic heterocycles. The normalized spacial score (nSPS) is 14.0. The maximum absolute atomic E-state index is 11.2. The molecule has 1 atom stereocenters. The predicted molar refractivity (Wildman–Crippen MR) is 63.3 cm³/mol. The molecule has 0 aromatic rings. The van der Waals surface area contributed by atoms with Crippen molar-refractivity contribution in [3.05, 3.63) is 0 Å². The molecule has 0 aromatic carbocycles. The van der Waals surface area contributed by atoms with Crippen molar-refractivity contribution in [2.24, 2.45) is 0 Å². The fourth-order valence-electron chi connectivity index (χ4n) is 1.51. The lowest BCUT2D eigenvalue weighted by molar-refractivity contribution is -0.142. The fourth-order valence-corrected chi connectivity index (χ4v) is 2.37. The monoisotopic (exact) mass is 251 g/mol. The smallest absolute Gasteiger partial charge is 0.320 e. The first kappa shape index (κ1) is 15.4. The van der Waals surface area contributed by atoms with E-state index >= 15 is 0 Å². The molecule has 5 nitrogen and oxygen atoms in total. The van der Waals surface area contributed by atoms with Crippen molar-refractivity contribution >= 4 is 15.8 Å². The molecule has 0 rings (SSSR count). The van der Waals surface area contributed by atoms with Crippen LogP contribution in [0.25, 0.3) is 0 Å². The third-order valence-corrected chi connectivity index (χ3v) is 4.40. The number of aliphatic carboxylic acids is 1. The number of nitrogens with zero attached hydrogens (tertiary/aromatic N) is 1. The Labute approximate surface area is 97.4 Å². The molecule has 16 heavy (non-hydrogen) atoms. The zero-order chi connectivity index (χ0) is 12.8. The highest BCUT2D eigenvalue weighted by Crippen LogP contribution is 2.04. The minimum absolute atomic E-state index is 0.129. The lowest BCUT2D eigenvalue weighted by atomic mass is 10.2. The summed E-state index contributed by atoms with van der Waals surface area (Å²) in [6.45, 7) is 3.91. The Morgan fingerprint density at radius 3 is 2.31 bits per heavy atom. The Bertz CT molecular complexity index is 313. The predicted octanol–water partition coefficient (Wildman–Crippen LogP) is 0.606. The van der Waals surface area contributed by atoms with Gasteiger partial charge < -0.3 is 5.11 Å². The first-order chi connectivity index (χ1) is 7.34. The molecule has 0 saturated heterocycles. The molecular formula is C10H21NO4S. The second kappa shape index (κ2) is 6.85. The van der Waals surface area contributed by atoms with Gasteiger partial charge in [0.25, 0.3) is 0 Å². The number of likely N-dealkylation sites (N-methyl/N-ethyl adjacent to an activating group) is 1. The van der Waals surface area contributed by atoms with Crippen LogP contribution in [0.2, 0.25) is 0 Å². The summed E-state index contributed by atoms with van der Waals surface area (Å²) in [7, 11) is -1.23. The standard InChI is InChI=1S/C10H21NO4S/c1-4-9(10(12)13)11(3)7-6-8-16(14,15)5-2/h9H,4-8H2,1-3H3,(H,12,13). The molecule has 0 heterocycles. The number of hydrogen-bond donors (Lipinski definition) is 1. The maximum atomic E-state index is 11.2. The largest absolute Gasteiger partial charge is 0.480 e. The van der Waals surface area contributed by atoms with Crippen LogP contribution in [0.1, 0.15) is 26.7 Å². The second-order valence-corrected chi connectivity index (χ2v) is 6.31. The molecule has 1 unspecified atom stereocenters. The quantitative estimate of drug-likeness (QED) is 0.684. The van der Waals surface area contributed by atoms with Gasteiger partial charge in [-0.1, -0.05) is 13.8 Å². The molecule has 96 valence electrons. The van der Waals surface area contributed by atoms with Gasteiger partial charge in [-0.2, -0.15) is 0 Å².